The summed E-state index contributed by atoms with van der Waals surface area (Å²) in [5.74, 6) is 2.78. The Morgan fingerprint density at radius 1 is 1.40 bits per heavy atom. The Morgan fingerprint density at radius 2 is 2.20 bits per heavy atom. The van der Waals surface area contributed by atoms with E-state index in [9.17, 15) is 0 Å². The average molecular weight is 131 g/mol. The van der Waals surface area contributed by atoms with E-state index in [1.165, 1.54) is 5.56 Å². The molecule has 0 saturated carbocycles. The molecule has 0 atom stereocenters. The second-order valence-electron chi connectivity index (χ2n) is 2.14. The molecule has 0 spiro atoms. The summed E-state index contributed by atoms with van der Waals surface area (Å²) in [5.41, 5.74) is 7.23. The molecule has 2 N–H and O–H groups in total. The van der Waals surface area contributed by atoms with E-state index in [0.717, 1.165) is 5.56 Å². The summed E-state index contributed by atoms with van der Waals surface area (Å²) in [6.07, 6.45) is 0. The highest BCUT2D eigenvalue weighted by Gasteiger charge is 1.84. The van der Waals surface area contributed by atoms with Gasteiger partial charge in [-0.05, 0) is 30.5 Å². The lowest BCUT2D eigenvalue weighted by Crippen LogP contribution is -1.80. The Balaban J connectivity index is 3.03. The molecule has 1 aromatic rings. The maximum atomic E-state index is 5.05. The fourth-order valence-corrected chi connectivity index (χ4v) is 0.806. The normalized spacial score (nSPS) is 8.10. The van der Waals surface area contributed by atoms with Crippen molar-refractivity contribution < 1.29 is 0 Å². The second kappa shape index (κ2) is 2.93. The summed E-state index contributed by atoms with van der Waals surface area (Å²) in [6, 6.07) is 10.3. The summed E-state index contributed by atoms with van der Waals surface area (Å²) in [5, 5.41) is 0. The molecule has 0 aliphatic carbocycles. The van der Waals surface area contributed by atoms with Gasteiger partial charge in [-0.2, -0.15) is 0 Å². The van der Waals surface area contributed by atoms with Crippen molar-refractivity contribution >= 4 is 0 Å². The number of rotatable bonds is 0. The van der Waals surface area contributed by atoms with Crippen molar-refractivity contribution in [2.75, 3.05) is 0 Å². The van der Waals surface area contributed by atoms with Crippen LogP contribution in [0.2, 0.25) is 0 Å². The maximum absolute atomic E-state index is 5.05. The quantitative estimate of drug-likeness (QED) is 0.416. The van der Waals surface area contributed by atoms with E-state index >= 15 is 0 Å². The molecule has 1 aromatic carbocycles. The summed E-state index contributed by atoms with van der Waals surface area (Å²) in [4.78, 5) is 0. The van der Waals surface area contributed by atoms with Gasteiger partial charge in [-0.15, -0.1) is 0 Å². The van der Waals surface area contributed by atoms with Crippen molar-refractivity contribution in [2.45, 2.75) is 6.92 Å². The largest absolute Gasteiger partial charge is 0.359 e. The SMILES string of the molecule is Cc1cccc(C#CN)c1. The van der Waals surface area contributed by atoms with Gasteiger partial charge in [0.1, 0.15) is 0 Å². The van der Waals surface area contributed by atoms with Crippen molar-refractivity contribution in [3.8, 4) is 12.0 Å². The van der Waals surface area contributed by atoms with E-state index in [4.69, 9.17) is 5.73 Å². The predicted octanol–water partition coefficient (Wildman–Crippen LogP) is 1.26. The van der Waals surface area contributed by atoms with Gasteiger partial charge in [-0.1, -0.05) is 12.1 Å². The van der Waals surface area contributed by atoms with Crippen LogP contribution in [0.25, 0.3) is 0 Å². The molecule has 0 aliphatic rings. The van der Waals surface area contributed by atoms with Crippen LogP contribution in [0.15, 0.2) is 24.3 Å². The van der Waals surface area contributed by atoms with Gasteiger partial charge in [-0.3, -0.25) is 0 Å². The highest BCUT2D eigenvalue weighted by Crippen LogP contribution is 2.00. The average Bonchev–Trinajstić information content (AvgIpc) is 1.88. The van der Waals surface area contributed by atoms with E-state index in [-0.39, 0.29) is 0 Å². The summed E-state index contributed by atoms with van der Waals surface area (Å²) >= 11 is 0. The fraction of sp³-hybridized carbons (Fsp3) is 0.111. The molecule has 10 heavy (non-hydrogen) atoms. The topological polar surface area (TPSA) is 26.0 Å². The van der Waals surface area contributed by atoms with E-state index in [1.54, 1.807) is 0 Å². The molecule has 0 aromatic heterocycles. The lowest BCUT2D eigenvalue weighted by molar-refractivity contribution is 1.45. The smallest absolute Gasteiger partial charge is 0.0266 e. The molecule has 1 rings (SSSR count). The highest BCUT2D eigenvalue weighted by atomic mass is 14.5. The third kappa shape index (κ3) is 1.53. The summed E-state index contributed by atoms with van der Waals surface area (Å²) in [7, 11) is 0. The van der Waals surface area contributed by atoms with E-state index in [0.29, 0.717) is 0 Å². The lowest BCUT2D eigenvalue weighted by Gasteiger charge is -1.90. The van der Waals surface area contributed by atoms with Crippen molar-refractivity contribution in [1.82, 2.24) is 0 Å². The number of benzene rings is 1. The van der Waals surface area contributed by atoms with Gasteiger partial charge in [0.05, 0.1) is 0 Å². The van der Waals surface area contributed by atoms with Crippen LogP contribution in [0.1, 0.15) is 11.1 Å². The number of aryl methyl sites for hydroxylation is 1. The van der Waals surface area contributed by atoms with Crippen LogP contribution >= 0.6 is 0 Å². The monoisotopic (exact) mass is 131 g/mol. The number of nitrogens with two attached hydrogens (primary N) is 1. The van der Waals surface area contributed by atoms with Gasteiger partial charge in [-0.25, -0.2) is 0 Å². The predicted molar refractivity (Wildman–Crippen MR) is 42.2 cm³/mol. The molecule has 0 radical (unpaired) electrons. The molecule has 0 unspecified atom stereocenters. The zero-order valence-corrected chi connectivity index (χ0v) is 5.89. The molecule has 0 saturated heterocycles. The first-order chi connectivity index (χ1) is 4.83. The van der Waals surface area contributed by atoms with Gasteiger partial charge < -0.3 is 5.73 Å². The van der Waals surface area contributed by atoms with Crippen molar-refractivity contribution in [2.24, 2.45) is 5.73 Å². The fourth-order valence-electron chi connectivity index (χ4n) is 0.806. The van der Waals surface area contributed by atoms with Crippen LogP contribution in [-0.2, 0) is 0 Å². The molecule has 0 aliphatic heterocycles. The van der Waals surface area contributed by atoms with Gasteiger partial charge in [0, 0.05) is 11.6 Å². The summed E-state index contributed by atoms with van der Waals surface area (Å²) < 4.78 is 0. The van der Waals surface area contributed by atoms with Crippen LogP contribution in [0.4, 0.5) is 0 Å². The van der Waals surface area contributed by atoms with E-state index in [1.807, 2.05) is 31.2 Å². The zero-order chi connectivity index (χ0) is 7.40. The number of hydrogen-bond donors (Lipinski definition) is 1. The van der Waals surface area contributed by atoms with Crippen LogP contribution < -0.4 is 5.73 Å². The van der Waals surface area contributed by atoms with Crippen LogP contribution in [-0.4, -0.2) is 0 Å². The first-order valence-electron chi connectivity index (χ1n) is 3.11. The Morgan fingerprint density at radius 3 is 2.80 bits per heavy atom. The van der Waals surface area contributed by atoms with Gasteiger partial charge in [0.2, 0.25) is 0 Å². The molecule has 1 heteroatoms. The first kappa shape index (κ1) is 6.70. The number of hydrogen-bond acceptors (Lipinski definition) is 1. The van der Waals surface area contributed by atoms with Crippen molar-refractivity contribution in [1.29, 1.82) is 0 Å². The van der Waals surface area contributed by atoms with Gasteiger partial charge in [0.15, 0.2) is 0 Å². The summed E-state index contributed by atoms with van der Waals surface area (Å²) in [6.45, 7) is 2.03. The Bertz CT molecular complexity index is 278. The minimum atomic E-state index is 0.975. The van der Waals surface area contributed by atoms with Crippen molar-refractivity contribution in [3.05, 3.63) is 35.4 Å². The molecule has 0 bridgehead atoms. The zero-order valence-electron chi connectivity index (χ0n) is 5.89. The van der Waals surface area contributed by atoms with Crippen molar-refractivity contribution in [3.63, 3.8) is 0 Å². The highest BCUT2D eigenvalue weighted by molar-refractivity contribution is 5.35. The molecule has 50 valence electrons. The molecule has 0 heterocycles. The molecular formula is C9H9N. The van der Waals surface area contributed by atoms with E-state index < -0.39 is 0 Å². The Kier molecular flexibility index (Phi) is 1.96. The minimum absolute atomic E-state index is 0.975. The maximum Gasteiger partial charge on any atom is 0.0266 e. The third-order valence-corrected chi connectivity index (χ3v) is 1.23. The Labute approximate surface area is 60.9 Å². The first-order valence-corrected chi connectivity index (χ1v) is 3.11. The standard InChI is InChI=1S/C9H9N/c1-8-3-2-4-9(7-8)5-6-10/h2-4,7H,10H2,1H3. The van der Waals surface area contributed by atoms with E-state index in [2.05, 4.69) is 12.0 Å². The van der Waals surface area contributed by atoms with Crippen LogP contribution in [0, 0.1) is 18.9 Å². The molecule has 0 amide bonds. The van der Waals surface area contributed by atoms with Crippen LogP contribution in [0.3, 0.4) is 0 Å². The van der Waals surface area contributed by atoms with Crippen LogP contribution in [0.5, 0.6) is 0 Å². The molecule has 1 nitrogen and oxygen atoms in total. The van der Waals surface area contributed by atoms with Gasteiger partial charge in [0.25, 0.3) is 0 Å². The third-order valence-electron chi connectivity index (χ3n) is 1.23. The lowest BCUT2D eigenvalue weighted by atomic mass is 10.1. The Hall–Kier alpha value is -1.42. The van der Waals surface area contributed by atoms with Gasteiger partial charge >= 0.3 is 0 Å². The minimum Gasteiger partial charge on any atom is -0.359 e. The second-order valence-corrected chi connectivity index (χ2v) is 2.14. The molecule has 0 fully saturated rings. The molecular weight excluding hydrogens is 122 g/mol.